The summed E-state index contributed by atoms with van der Waals surface area (Å²) in [6.07, 6.45) is 4.72. The fourth-order valence-electron chi connectivity index (χ4n) is 4.47. The molecule has 0 aliphatic carbocycles. The van der Waals surface area contributed by atoms with Crippen molar-refractivity contribution in [2.24, 2.45) is 0 Å². The second-order valence-corrected chi connectivity index (χ2v) is 8.72. The summed E-state index contributed by atoms with van der Waals surface area (Å²) in [5, 5.41) is 3.17. The fraction of sp³-hybridized carbons (Fsp3) is 0.308. The lowest BCUT2D eigenvalue weighted by Crippen LogP contribution is -2.44. The molecular weight excluding hydrogens is 426 g/mol. The zero-order valence-corrected chi connectivity index (χ0v) is 19.1. The summed E-state index contributed by atoms with van der Waals surface area (Å²) in [7, 11) is 0. The summed E-state index contributed by atoms with van der Waals surface area (Å²) >= 11 is 0. The summed E-state index contributed by atoms with van der Waals surface area (Å²) in [6.45, 7) is 3.77. The Labute approximate surface area is 198 Å². The van der Waals surface area contributed by atoms with Crippen molar-refractivity contribution >= 4 is 22.9 Å². The first-order valence-corrected chi connectivity index (χ1v) is 11.8. The van der Waals surface area contributed by atoms with Crippen molar-refractivity contribution < 1.29 is 4.79 Å². The Balaban J connectivity index is 1.14. The Morgan fingerprint density at radius 1 is 0.971 bits per heavy atom. The molecule has 2 aromatic heterocycles. The minimum Gasteiger partial charge on any atom is -0.382 e. The number of hydrogen-bond acceptors (Lipinski definition) is 6. The van der Waals surface area contributed by atoms with Gasteiger partial charge in [0, 0.05) is 36.8 Å². The third-order valence-corrected chi connectivity index (χ3v) is 6.35. The van der Waals surface area contributed by atoms with E-state index in [0.717, 1.165) is 62.2 Å². The molecule has 0 unspecified atom stereocenters. The van der Waals surface area contributed by atoms with Crippen molar-refractivity contribution in [2.45, 2.75) is 31.8 Å². The number of nitrogens with zero attached hydrogens (tertiary/aromatic N) is 5. The van der Waals surface area contributed by atoms with E-state index in [9.17, 15) is 4.79 Å². The molecule has 0 saturated carbocycles. The zero-order valence-electron chi connectivity index (χ0n) is 19.1. The molecule has 2 aromatic carbocycles. The molecule has 0 spiro atoms. The molecule has 0 atom stereocenters. The highest BCUT2D eigenvalue weighted by Gasteiger charge is 2.21. The Morgan fingerprint density at radius 3 is 2.41 bits per heavy atom. The van der Waals surface area contributed by atoms with Crippen molar-refractivity contribution in [2.75, 3.05) is 25.4 Å². The first-order valence-electron chi connectivity index (χ1n) is 11.8. The van der Waals surface area contributed by atoms with Crippen LogP contribution in [0.2, 0.25) is 0 Å². The van der Waals surface area contributed by atoms with Gasteiger partial charge < -0.3 is 20.5 Å². The molecule has 4 aromatic rings. The number of nitrogen functional groups attached to an aromatic ring is 1. The third-order valence-electron chi connectivity index (χ3n) is 6.35. The average Bonchev–Trinajstić information content (AvgIpc) is 3.29. The van der Waals surface area contributed by atoms with E-state index < -0.39 is 0 Å². The summed E-state index contributed by atoms with van der Waals surface area (Å²) in [5.41, 5.74) is 9.25. The third kappa shape index (κ3) is 4.92. The molecule has 8 nitrogen and oxygen atoms in total. The monoisotopic (exact) mass is 455 g/mol. The lowest BCUT2D eigenvalue weighted by Gasteiger charge is -2.32. The van der Waals surface area contributed by atoms with Crippen molar-refractivity contribution in [3.63, 3.8) is 0 Å². The first kappa shape index (κ1) is 22.0. The molecule has 1 fully saturated rings. The molecule has 3 N–H and O–H groups in total. The standard InChI is InChI=1S/C26H29N7O/c27-23-22-25(31-24(30-23)19-8-3-1-4-9-19)33(18-28-22)15-7-14-32-16-12-21(13-17-32)29-26(34)20-10-5-2-6-11-20/h1-6,8-11,18,21H,7,12-17H2,(H,29,34)(H2,27,30,31). The Hall–Kier alpha value is -3.78. The molecule has 8 heteroatoms. The van der Waals surface area contributed by atoms with E-state index in [2.05, 4.69) is 24.8 Å². The van der Waals surface area contributed by atoms with Crippen LogP contribution in [0.1, 0.15) is 29.6 Å². The predicted octanol–water partition coefficient (Wildman–Crippen LogP) is 3.36. The van der Waals surface area contributed by atoms with Crippen LogP contribution in [0.15, 0.2) is 67.0 Å². The number of likely N-dealkylation sites (tertiary alicyclic amines) is 1. The number of anilines is 1. The van der Waals surface area contributed by atoms with E-state index in [1.165, 1.54) is 0 Å². The first-order chi connectivity index (χ1) is 16.7. The highest BCUT2D eigenvalue weighted by molar-refractivity contribution is 5.94. The molecule has 34 heavy (non-hydrogen) atoms. The van der Waals surface area contributed by atoms with E-state index in [1.807, 2.05) is 60.7 Å². The highest BCUT2D eigenvalue weighted by Crippen LogP contribution is 2.22. The number of fused-ring (bicyclic) bond motifs is 1. The van der Waals surface area contributed by atoms with E-state index in [0.29, 0.717) is 17.2 Å². The Morgan fingerprint density at radius 2 is 1.68 bits per heavy atom. The molecular formula is C26H29N7O. The number of hydrogen-bond donors (Lipinski definition) is 2. The van der Waals surface area contributed by atoms with Gasteiger partial charge in [-0.3, -0.25) is 4.79 Å². The minimum absolute atomic E-state index is 0.0159. The van der Waals surface area contributed by atoms with Gasteiger partial charge in [0.25, 0.3) is 5.91 Å². The summed E-state index contributed by atoms with van der Waals surface area (Å²) in [5.74, 6) is 1.04. The van der Waals surface area contributed by atoms with Crippen molar-refractivity contribution in [3.05, 3.63) is 72.6 Å². The van der Waals surface area contributed by atoms with Crippen LogP contribution in [-0.4, -0.2) is 56.0 Å². The maximum atomic E-state index is 12.4. The second-order valence-electron chi connectivity index (χ2n) is 8.72. The van der Waals surface area contributed by atoms with E-state index in [4.69, 9.17) is 10.7 Å². The largest absolute Gasteiger partial charge is 0.382 e. The van der Waals surface area contributed by atoms with Gasteiger partial charge in [0.15, 0.2) is 17.3 Å². The van der Waals surface area contributed by atoms with E-state index in [-0.39, 0.29) is 11.9 Å². The number of amides is 1. The topological polar surface area (TPSA) is 102 Å². The number of imidazole rings is 1. The van der Waals surface area contributed by atoms with Crippen LogP contribution in [0.25, 0.3) is 22.6 Å². The number of carbonyl (C=O) groups is 1. The summed E-state index contributed by atoms with van der Waals surface area (Å²) in [6, 6.07) is 19.5. The van der Waals surface area contributed by atoms with Gasteiger partial charge in [0.2, 0.25) is 0 Å². The molecule has 174 valence electrons. The van der Waals surface area contributed by atoms with Crippen LogP contribution >= 0.6 is 0 Å². The molecule has 1 amide bonds. The zero-order chi connectivity index (χ0) is 23.3. The van der Waals surface area contributed by atoms with Gasteiger partial charge >= 0.3 is 0 Å². The van der Waals surface area contributed by atoms with Crippen molar-refractivity contribution in [1.29, 1.82) is 0 Å². The number of benzene rings is 2. The molecule has 1 aliphatic heterocycles. The van der Waals surface area contributed by atoms with Gasteiger partial charge in [0.05, 0.1) is 6.33 Å². The molecule has 1 aliphatic rings. The lowest BCUT2D eigenvalue weighted by atomic mass is 10.0. The number of nitrogens with two attached hydrogens (primary N) is 1. The minimum atomic E-state index is 0.0159. The van der Waals surface area contributed by atoms with E-state index >= 15 is 0 Å². The number of aryl methyl sites for hydroxylation is 1. The van der Waals surface area contributed by atoms with Gasteiger partial charge in [-0.25, -0.2) is 15.0 Å². The Kier molecular flexibility index (Phi) is 6.49. The Bertz CT molecular complexity index is 1250. The lowest BCUT2D eigenvalue weighted by molar-refractivity contribution is 0.0910. The van der Waals surface area contributed by atoms with Crippen molar-refractivity contribution in [1.82, 2.24) is 29.7 Å². The molecule has 5 rings (SSSR count). The fourth-order valence-corrected chi connectivity index (χ4v) is 4.47. The molecule has 3 heterocycles. The number of nitrogens with one attached hydrogen (secondary N) is 1. The number of rotatable bonds is 7. The van der Waals surface area contributed by atoms with Crippen LogP contribution in [0.5, 0.6) is 0 Å². The maximum Gasteiger partial charge on any atom is 0.251 e. The molecule has 0 bridgehead atoms. The number of aromatic nitrogens is 4. The van der Waals surface area contributed by atoms with Gasteiger partial charge in [-0.05, 0) is 37.9 Å². The van der Waals surface area contributed by atoms with Gasteiger partial charge in [-0.15, -0.1) is 0 Å². The smallest absolute Gasteiger partial charge is 0.251 e. The number of piperidine rings is 1. The van der Waals surface area contributed by atoms with Crippen LogP contribution in [0, 0.1) is 0 Å². The van der Waals surface area contributed by atoms with Crippen LogP contribution in [0.3, 0.4) is 0 Å². The second kappa shape index (κ2) is 10.0. The van der Waals surface area contributed by atoms with Crippen LogP contribution < -0.4 is 11.1 Å². The normalized spacial score (nSPS) is 14.9. The van der Waals surface area contributed by atoms with Crippen LogP contribution in [0.4, 0.5) is 5.82 Å². The van der Waals surface area contributed by atoms with Crippen LogP contribution in [-0.2, 0) is 6.54 Å². The number of carbonyl (C=O) groups excluding carboxylic acids is 1. The van der Waals surface area contributed by atoms with Gasteiger partial charge in [0.1, 0.15) is 5.52 Å². The highest BCUT2D eigenvalue weighted by atomic mass is 16.1. The SMILES string of the molecule is Nc1nc(-c2ccccc2)nc2c1ncn2CCCN1CCC(NC(=O)c2ccccc2)CC1. The average molecular weight is 456 g/mol. The van der Waals surface area contributed by atoms with Crippen molar-refractivity contribution in [3.8, 4) is 11.4 Å². The van der Waals surface area contributed by atoms with Gasteiger partial charge in [-0.1, -0.05) is 48.5 Å². The summed E-state index contributed by atoms with van der Waals surface area (Å²) in [4.78, 5) is 28.5. The van der Waals surface area contributed by atoms with E-state index in [1.54, 1.807) is 6.33 Å². The molecule has 0 radical (unpaired) electrons. The maximum absolute atomic E-state index is 12.4. The predicted molar refractivity (Wildman–Crippen MR) is 133 cm³/mol. The van der Waals surface area contributed by atoms with Gasteiger partial charge in [-0.2, -0.15) is 0 Å². The molecule has 1 saturated heterocycles. The summed E-state index contributed by atoms with van der Waals surface area (Å²) < 4.78 is 2.06. The quantitative estimate of drug-likeness (QED) is 0.443.